The van der Waals surface area contributed by atoms with Gasteiger partial charge in [-0.3, -0.25) is 0 Å². The molecule has 0 saturated heterocycles. The highest BCUT2D eigenvalue weighted by atomic mass is 32.1. The van der Waals surface area contributed by atoms with Gasteiger partial charge < -0.3 is 15.4 Å². The zero-order valence-electron chi connectivity index (χ0n) is 9.61. The van der Waals surface area contributed by atoms with E-state index in [1.165, 1.54) is 0 Å². The molecule has 0 spiro atoms. The molecule has 2 N–H and O–H groups in total. The van der Waals surface area contributed by atoms with E-state index >= 15 is 0 Å². The highest BCUT2D eigenvalue weighted by Crippen LogP contribution is 2.17. The molecule has 0 atom stereocenters. The number of benzene rings is 1. The Hall–Kier alpha value is -1.81. The van der Waals surface area contributed by atoms with E-state index in [0.29, 0.717) is 18.3 Å². The molecule has 1 aromatic rings. The van der Waals surface area contributed by atoms with Crippen molar-refractivity contribution >= 4 is 23.0 Å². The second-order valence-corrected chi connectivity index (χ2v) is 3.66. The Morgan fingerprint density at radius 2 is 2.18 bits per heavy atom. The number of ether oxygens (including phenoxy) is 1. The SMILES string of the molecule is C=CCNC(=S)Nc1cccc(OCC=C)c1. The van der Waals surface area contributed by atoms with E-state index in [2.05, 4.69) is 23.8 Å². The maximum Gasteiger partial charge on any atom is 0.171 e. The monoisotopic (exact) mass is 248 g/mol. The summed E-state index contributed by atoms with van der Waals surface area (Å²) >= 11 is 5.11. The Kier molecular flexibility index (Phi) is 5.82. The zero-order chi connectivity index (χ0) is 12.5. The van der Waals surface area contributed by atoms with Crippen molar-refractivity contribution in [1.29, 1.82) is 0 Å². The van der Waals surface area contributed by atoms with E-state index in [4.69, 9.17) is 17.0 Å². The Bertz CT molecular complexity index is 404. The molecule has 0 amide bonds. The minimum atomic E-state index is 0.489. The molecule has 1 rings (SSSR count). The minimum absolute atomic E-state index is 0.489. The van der Waals surface area contributed by atoms with Gasteiger partial charge in [-0.25, -0.2) is 0 Å². The van der Waals surface area contributed by atoms with E-state index < -0.39 is 0 Å². The first kappa shape index (κ1) is 13.3. The van der Waals surface area contributed by atoms with Crippen LogP contribution in [0, 0.1) is 0 Å². The van der Waals surface area contributed by atoms with Gasteiger partial charge in [-0.05, 0) is 24.4 Å². The van der Waals surface area contributed by atoms with Gasteiger partial charge in [-0.2, -0.15) is 0 Å². The standard InChI is InChI=1S/C13H16N2OS/c1-3-8-14-13(17)15-11-6-5-7-12(10-11)16-9-4-2/h3-7,10H,1-2,8-9H2,(H2,14,15,17). The summed E-state index contributed by atoms with van der Waals surface area (Å²) in [4.78, 5) is 0. The summed E-state index contributed by atoms with van der Waals surface area (Å²) in [6.45, 7) is 8.33. The van der Waals surface area contributed by atoms with Crippen molar-refractivity contribution in [3.05, 3.63) is 49.6 Å². The van der Waals surface area contributed by atoms with Crippen LogP contribution >= 0.6 is 12.2 Å². The highest BCUT2D eigenvalue weighted by molar-refractivity contribution is 7.80. The first-order chi connectivity index (χ1) is 8.26. The summed E-state index contributed by atoms with van der Waals surface area (Å²) in [7, 11) is 0. The molecule has 0 saturated carbocycles. The molecule has 0 bridgehead atoms. The fraction of sp³-hybridized carbons (Fsp3) is 0.154. The van der Waals surface area contributed by atoms with Crippen LogP contribution in [0.15, 0.2) is 49.6 Å². The number of nitrogens with one attached hydrogen (secondary N) is 2. The zero-order valence-corrected chi connectivity index (χ0v) is 10.4. The molecule has 4 heteroatoms. The van der Waals surface area contributed by atoms with Crippen molar-refractivity contribution < 1.29 is 4.74 Å². The summed E-state index contributed by atoms with van der Waals surface area (Å²) < 4.78 is 5.42. The number of anilines is 1. The van der Waals surface area contributed by atoms with Crippen LogP contribution in [-0.4, -0.2) is 18.3 Å². The third-order valence-corrected chi connectivity index (χ3v) is 2.11. The molecule has 0 unspecified atom stereocenters. The molecule has 17 heavy (non-hydrogen) atoms. The van der Waals surface area contributed by atoms with Gasteiger partial charge in [0.25, 0.3) is 0 Å². The van der Waals surface area contributed by atoms with Gasteiger partial charge in [0.2, 0.25) is 0 Å². The van der Waals surface area contributed by atoms with Crippen molar-refractivity contribution in [3.63, 3.8) is 0 Å². The van der Waals surface area contributed by atoms with Crippen LogP contribution in [0.25, 0.3) is 0 Å². The lowest BCUT2D eigenvalue weighted by atomic mass is 10.3. The first-order valence-corrected chi connectivity index (χ1v) is 5.66. The lowest BCUT2D eigenvalue weighted by molar-refractivity contribution is 0.363. The predicted molar refractivity (Wildman–Crippen MR) is 76.6 cm³/mol. The van der Waals surface area contributed by atoms with Crippen LogP contribution < -0.4 is 15.4 Å². The maximum absolute atomic E-state index is 5.42. The summed E-state index contributed by atoms with van der Waals surface area (Å²) in [6, 6.07) is 7.58. The molecule has 0 radical (unpaired) electrons. The second-order valence-electron chi connectivity index (χ2n) is 3.25. The number of thiocarbonyl (C=S) groups is 1. The Balaban J connectivity index is 2.55. The average molecular weight is 248 g/mol. The summed E-state index contributed by atoms with van der Waals surface area (Å²) in [5.74, 6) is 0.779. The van der Waals surface area contributed by atoms with Gasteiger partial charge in [0.1, 0.15) is 12.4 Å². The normalized spacial score (nSPS) is 9.18. The Labute approximate surface area is 107 Å². The molecule has 0 aliphatic heterocycles. The number of hydrogen-bond donors (Lipinski definition) is 2. The van der Waals surface area contributed by atoms with Crippen molar-refractivity contribution in [3.8, 4) is 5.75 Å². The van der Waals surface area contributed by atoms with Gasteiger partial charge in [-0.1, -0.05) is 24.8 Å². The number of hydrogen-bond acceptors (Lipinski definition) is 2. The maximum atomic E-state index is 5.42. The van der Waals surface area contributed by atoms with Gasteiger partial charge in [0, 0.05) is 18.3 Å². The third kappa shape index (κ3) is 5.17. The quantitative estimate of drug-likeness (QED) is 0.599. The van der Waals surface area contributed by atoms with E-state index in [-0.39, 0.29) is 0 Å². The van der Waals surface area contributed by atoms with Crippen LogP contribution in [0.1, 0.15) is 0 Å². The molecule has 0 aliphatic carbocycles. The Morgan fingerprint density at radius 1 is 1.35 bits per heavy atom. The molecular formula is C13H16N2OS. The Morgan fingerprint density at radius 3 is 2.88 bits per heavy atom. The van der Waals surface area contributed by atoms with E-state index in [1.54, 1.807) is 12.2 Å². The van der Waals surface area contributed by atoms with Crippen LogP contribution in [0.4, 0.5) is 5.69 Å². The summed E-state index contributed by atoms with van der Waals surface area (Å²) in [6.07, 6.45) is 3.45. The molecule has 1 aromatic carbocycles. The van der Waals surface area contributed by atoms with Crippen molar-refractivity contribution in [2.45, 2.75) is 0 Å². The van der Waals surface area contributed by atoms with Crippen LogP contribution in [0.5, 0.6) is 5.75 Å². The van der Waals surface area contributed by atoms with Crippen LogP contribution in [0.2, 0.25) is 0 Å². The second kappa shape index (κ2) is 7.46. The topological polar surface area (TPSA) is 33.3 Å². The largest absolute Gasteiger partial charge is 0.489 e. The fourth-order valence-corrected chi connectivity index (χ4v) is 1.36. The van der Waals surface area contributed by atoms with Gasteiger partial charge in [0.05, 0.1) is 0 Å². The van der Waals surface area contributed by atoms with Crippen molar-refractivity contribution in [1.82, 2.24) is 5.32 Å². The van der Waals surface area contributed by atoms with Crippen LogP contribution in [-0.2, 0) is 0 Å². The molecule has 0 heterocycles. The predicted octanol–water partition coefficient (Wildman–Crippen LogP) is 2.72. The smallest absolute Gasteiger partial charge is 0.171 e. The molecule has 90 valence electrons. The van der Waals surface area contributed by atoms with Gasteiger partial charge >= 0.3 is 0 Å². The van der Waals surface area contributed by atoms with Gasteiger partial charge in [0.15, 0.2) is 5.11 Å². The molecule has 3 nitrogen and oxygen atoms in total. The summed E-state index contributed by atoms with van der Waals surface area (Å²) in [5.41, 5.74) is 0.883. The van der Waals surface area contributed by atoms with Gasteiger partial charge in [-0.15, -0.1) is 6.58 Å². The molecule has 0 aliphatic rings. The first-order valence-electron chi connectivity index (χ1n) is 5.25. The summed E-state index contributed by atoms with van der Waals surface area (Å²) in [5, 5.41) is 6.61. The lowest BCUT2D eigenvalue weighted by Crippen LogP contribution is -2.28. The van der Waals surface area contributed by atoms with E-state index in [0.717, 1.165) is 11.4 Å². The third-order valence-electron chi connectivity index (χ3n) is 1.87. The lowest BCUT2D eigenvalue weighted by Gasteiger charge is -2.10. The van der Waals surface area contributed by atoms with Crippen molar-refractivity contribution in [2.75, 3.05) is 18.5 Å². The molecule has 0 fully saturated rings. The molecular weight excluding hydrogens is 232 g/mol. The average Bonchev–Trinajstić information content (AvgIpc) is 2.34. The molecule has 0 aromatic heterocycles. The van der Waals surface area contributed by atoms with Crippen molar-refractivity contribution in [2.24, 2.45) is 0 Å². The van der Waals surface area contributed by atoms with E-state index in [9.17, 15) is 0 Å². The van der Waals surface area contributed by atoms with E-state index in [1.807, 2.05) is 24.3 Å². The minimum Gasteiger partial charge on any atom is -0.489 e. The highest BCUT2D eigenvalue weighted by Gasteiger charge is 1.98. The number of rotatable bonds is 6. The van der Waals surface area contributed by atoms with Crippen LogP contribution in [0.3, 0.4) is 0 Å². The fourth-order valence-electron chi connectivity index (χ4n) is 1.16.